The lowest BCUT2D eigenvalue weighted by atomic mass is 10.2. The summed E-state index contributed by atoms with van der Waals surface area (Å²) in [5, 5.41) is 3.79. The highest BCUT2D eigenvalue weighted by Crippen LogP contribution is 2.13. The second-order valence-electron chi connectivity index (χ2n) is 4.43. The van der Waals surface area contributed by atoms with Crippen molar-refractivity contribution in [3.63, 3.8) is 0 Å². The molecule has 0 fully saturated rings. The van der Waals surface area contributed by atoms with Crippen LogP contribution in [-0.2, 0) is 11.3 Å². The molecule has 5 nitrogen and oxygen atoms in total. The molecule has 0 aromatic heterocycles. The van der Waals surface area contributed by atoms with Crippen LogP contribution in [-0.4, -0.2) is 18.9 Å². The van der Waals surface area contributed by atoms with E-state index in [4.69, 9.17) is 4.74 Å². The van der Waals surface area contributed by atoms with E-state index < -0.39 is 6.09 Å². The first-order valence-electron chi connectivity index (χ1n) is 7.00. The largest absolute Gasteiger partial charge is 0.489 e. The number of ether oxygens (including phenoxy) is 2. The number of carbonyl (C=O) groups is 1. The topological polar surface area (TPSA) is 59.9 Å². The van der Waals surface area contributed by atoms with Crippen molar-refractivity contribution < 1.29 is 14.3 Å². The zero-order valence-electron chi connectivity index (χ0n) is 12.4. The molecule has 0 unspecified atom stereocenters. The van der Waals surface area contributed by atoms with E-state index in [1.807, 2.05) is 54.6 Å². The first-order chi connectivity index (χ1) is 10.8. The van der Waals surface area contributed by atoms with Gasteiger partial charge in [0.15, 0.2) is 0 Å². The van der Waals surface area contributed by atoms with Gasteiger partial charge in [-0.3, -0.25) is 0 Å². The summed E-state index contributed by atoms with van der Waals surface area (Å²) in [4.78, 5) is 11.0. The Hall–Kier alpha value is -2.82. The molecule has 0 saturated carbocycles. The zero-order valence-corrected chi connectivity index (χ0v) is 12.4. The van der Waals surface area contributed by atoms with Gasteiger partial charge in [-0.25, -0.2) is 10.2 Å². The van der Waals surface area contributed by atoms with E-state index in [1.165, 1.54) is 6.21 Å². The number of hydrogen-bond donors (Lipinski definition) is 1. The maximum absolute atomic E-state index is 11.0. The van der Waals surface area contributed by atoms with Crippen LogP contribution in [0.2, 0.25) is 0 Å². The number of rotatable bonds is 6. The number of benzene rings is 2. The Bertz CT molecular complexity index is 610. The van der Waals surface area contributed by atoms with Crippen LogP contribution in [0.15, 0.2) is 59.7 Å². The molecule has 0 atom stereocenters. The summed E-state index contributed by atoms with van der Waals surface area (Å²) in [6.45, 7) is 2.57. The van der Waals surface area contributed by atoms with Gasteiger partial charge in [0.05, 0.1) is 12.8 Å². The second-order valence-corrected chi connectivity index (χ2v) is 4.43. The predicted molar refractivity (Wildman–Crippen MR) is 85.0 cm³/mol. The lowest BCUT2D eigenvalue weighted by Crippen LogP contribution is -2.18. The van der Waals surface area contributed by atoms with E-state index in [-0.39, 0.29) is 0 Å². The Labute approximate surface area is 129 Å². The average molecular weight is 298 g/mol. The van der Waals surface area contributed by atoms with Crippen LogP contribution in [0.5, 0.6) is 5.75 Å². The summed E-state index contributed by atoms with van der Waals surface area (Å²) in [7, 11) is 0. The molecule has 2 aromatic carbocycles. The molecule has 0 heterocycles. The summed E-state index contributed by atoms with van der Waals surface area (Å²) in [5.41, 5.74) is 4.24. The molecule has 22 heavy (non-hydrogen) atoms. The minimum absolute atomic E-state index is 0.314. The third kappa shape index (κ3) is 5.28. The van der Waals surface area contributed by atoms with Crippen LogP contribution in [0.25, 0.3) is 0 Å². The van der Waals surface area contributed by atoms with Gasteiger partial charge in [-0.1, -0.05) is 30.3 Å². The van der Waals surface area contributed by atoms with Gasteiger partial charge in [-0.15, -0.1) is 0 Å². The molecule has 0 aliphatic heterocycles. The molecule has 0 spiro atoms. The van der Waals surface area contributed by atoms with Crippen molar-refractivity contribution in [3.05, 3.63) is 65.7 Å². The summed E-state index contributed by atoms with van der Waals surface area (Å²) < 4.78 is 10.4. The van der Waals surface area contributed by atoms with Crippen molar-refractivity contribution in [2.75, 3.05) is 6.61 Å². The van der Waals surface area contributed by atoms with Crippen LogP contribution in [0.3, 0.4) is 0 Å². The summed E-state index contributed by atoms with van der Waals surface area (Å²) >= 11 is 0. The minimum atomic E-state index is -0.568. The highest BCUT2D eigenvalue weighted by molar-refractivity contribution is 5.80. The number of carbonyl (C=O) groups excluding carboxylic acids is 1. The number of hydrogen-bond acceptors (Lipinski definition) is 4. The predicted octanol–water partition coefficient (Wildman–Crippen LogP) is 3.35. The maximum Gasteiger partial charge on any atom is 0.427 e. The van der Waals surface area contributed by atoms with Crippen LogP contribution < -0.4 is 10.2 Å². The zero-order chi connectivity index (χ0) is 15.6. The first kappa shape index (κ1) is 15.6. The fourth-order valence-electron chi connectivity index (χ4n) is 1.71. The van der Waals surface area contributed by atoms with Gasteiger partial charge in [0.1, 0.15) is 12.4 Å². The van der Waals surface area contributed by atoms with Gasteiger partial charge in [0, 0.05) is 0 Å². The monoisotopic (exact) mass is 298 g/mol. The Balaban J connectivity index is 1.82. The third-order valence-electron chi connectivity index (χ3n) is 2.77. The van der Waals surface area contributed by atoms with Crippen molar-refractivity contribution in [2.45, 2.75) is 13.5 Å². The lowest BCUT2D eigenvalue weighted by Gasteiger charge is -2.06. The SMILES string of the molecule is CCOC(=O)NN=Cc1ccc(OCc2ccccc2)cc1. The quantitative estimate of drug-likeness (QED) is 0.657. The van der Waals surface area contributed by atoms with E-state index in [2.05, 4.69) is 15.3 Å². The van der Waals surface area contributed by atoms with Crippen molar-refractivity contribution in [3.8, 4) is 5.75 Å². The van der Waals surface area contributed by atoms with Gasteiger partial charge in [0.2, 0.25) is 0 Å². The summed E-state index contributed by atoms with van der Waals surface area (Å²) in [5.74, 6) is 0.777. The number of nitrogens with zero attached hydrogens (tertiary/aromatic N) is 1. The Kier molecular flexibility index (Phi) is 5.99. The third-order valence-corrected chi connectivity index (χ3v) is 2.77. The van der Waals surface area contributed by atoms with Crippen molar-refractivity contribution in [2.24, 2.45) is 5.10 Å². The highest BCUT2D eigenvalue weighted by Gasteiger charge is 1.97. The maximum atomic E-state index is 11.0. The van der Waals surface area contributed by atoms with Crippen LogP contribution in [0.4, 0.5) is 4.79 Å². The molecule has 0 bridgehead atoms. The Morgan fingerprint density at radius 1 is 1.14 bits per heavy atom. The van der Waals surface area contributed by atoms with Gasteiger partial charge < -0.3 is 9.47 Å². The Morgan fingerprint density at radius 2 is 1.86 bits per heavy atom. The summed E-state index contributed by atoms with van der Waals surface area (Å²) in [6.07, 6.45) is 0.972. The number of nitrogens with one attached hydrogen (secondary N) is 1. The molecule has 1 N–H and O–H groups in total. The van der Waals surface area contributed by atoms with Gasteiger partial charge >= 0.3 is 6.09 Å². The van der Waals surface area contributed by atoms with Gasteiger partial charge in [-0.05, 0) is 42.3 Å². The van der Waals surface area contributed by atoms with E-state index in [0.29, 0.717) is 13.2 Å². The van der Waals surface area contributed by atoms with E-state index in [9.17, 15) is 4.79 Å². The fraction of sp³-hybridized carbons (Fsp3) is 0.176. The van der Waals surface area contributed by atoms with E-state index in [1.54, 1.807) is 6.92 Å². The number of amides is 1. The van der Waals surface area contributed by atoms with E-state index >= 15 is 0 Å². The van der Waals surface area contributed by atoms with E-state index in [0.717, 1.165) is 16.9 Å². The van der Waals surface area contributed by atoms with Crippen LogP contribution in [0.1, 0.15) is 18.1 Å². The average Bonchev–Trinajstić information content (AvgIpc) is 2.55. The lowest BCUT2D eigenvalue weighted by molar-refractivity contribution is 0.152. The molecule has 0 aliphatic rings. The minimum Gasteiger partial charge on any atom is -0.489 e. The molecule has 0 radical (unpaired) electrons. The van der Waals surface area contributed by atoms with Crippen molar-refractivity contribution >= 4 is 12.3 Å². The number of hydrazone groups is 1. The highest BCUT2D eigenvalue weighted by atomic mass is 16.5. The molecule has 114 valence electrons. The summed E-state index contributed by atoms with van der Waals surface area (Å²) in [6, 6.07) is 17.4. The molecule has 0 saturated heterocycles. The fourth-order valence-corrected chi connectivity index (χ4v) is 1.71. The molecule has 5 heteroatoms. The first-order valence-corrected chi connectivity index (χ1v) is 7.00. The van der Waals surface area contributed by atoms with Crippen LogP contribution in [0, 0.1) is 0 Å². The molecule has 2 rings (SSSR count). The smallest absolute Gasteiger partial charge is 0.427 e. The normalized spacial score (nSPS) is 10.4. The van der Waals surface area contributed by atoms with Gasteiger partial charge in [0.25, 0.3) is 0 Å². The van der Waals surface area contributed by atoms with Gasteiger partial charge in [-0.2, -0.15) is 5.10 Å². The Morgan fingerprint density at radius 3 is 2.55 bits per heavy atom. The molecular formula is C17H18N2O3. The molecule has 1 amide bonds. The van der Waals surface area contributed by atoms with Crippen molar-refractivity contribution in [1.29, 1.82) is 0 Å². The standard InChI is InChI=1S/C17H18N2O3/c1-2-21-17(20)19-18-12-14-8-10-16(11-9-14)22-13-15-6-4-3-5-7-15/h3-12H,2,13H2,1H3,(H,19,20). The van der Waals surface area contributed by atoms with Crippen molar-refractivity contribution in [1.82, 2.24) is 5.43 Å². The molecule has 2 aromatic rings. The molecule has 0 aliphatic carbocycles. The van der Waals surface area contributed by atoms with Crippen LogP contribution >= 0.6 is 0 Å². The molecular weight excluding hydrogens is 280 g/mol. The second kappa shape index (κ2) is 8.46.